The highest BCUT2D eigenvalue weighted by atomic mass is 16.1. The smallest absolute Gasteiger partial charge is 0.225 e. The zero-order valence-electron chi connectivity index (χ0n) is 8.90. The van der Waals surface area contributed by atoms with Gasteiger partial charge in [0, 0.05) is 23.6 Å². The van der Waals surface area contributed by atoms with E-state index in [1.807, 2.05) is 18.2 Å². The number of nitriles is 1. The number of nitrogens with one attached hydrogen (secondary N) is 1. The van der Waals surface area contributed by atoms with Crippen LogP contribution < -0.4 is 5.32 Å². The third kappa shape index (κ3) is 1.42. The zero-order valence-corrected chi connectivity index (χ0v) is 8.90. The van der Waals surface area contributed by atoms with Crippen molar-refractivity contribution < 1.29 is 4.79 Å². The van der Waals surface area contributed by atoms with Gasteiger partial charge in [0.15, 0.2) is 5.69 Å². The van der Waals surface area contributed by atoms with Crippen LogP contribution in [0.1, 0.15) is 17.7 Å². The molecule has 0 bridgehead atoms. The molecule has 0 aliphatic carbocycles. The number of hydrogen-bond acceptors (Lipinski definition) is 4. The molecule has 2 aromatic heterocycles. The minimum atomic E-state index is -0.0582. The lowest BCUT2D eigenvalue weighted by Crippen LogP contribution is -2.21. The fourth-order valence-electron chi connectivity index (χ4n) is 2.06. The Balaban J connectivity index is 2.38. The van der Waals surface area contributed by atoms with E-state index in [0.717, 1.165) is 10.9 Å². The topological polar surface area (TPSA) is 78.7 Å². The Hall–Kier alpha value is -2.48. The Morgan fingerprint density at radius 3 is 3.12 bits per heavy atom. The Labute approximate surface area is 97.1 Å². The summed E-state index contributed by atoms with van der Waals surface area (Å²) < 4.78 is 0. The molecule has 0 spiro atoms. The molecule has 5 heteroatoms. The lowest BCUT2D eigenvalue weighted by molar-refractivity contribution is -0.116. The minimum absolute atomic E-state index is 0.0582. The average Bonchev–Trinajstić information content (AvgIpc) is 2.37. The summed E-state index contributed by atoms with van der Waals surface area (Å²) in [7, 11) is 0. The first-order valence-electron chi connectivity index (χ1n) is 5.27. The van der Waals surface area contributed by atoms with Crippen molar-refractivity contribution in [3.8, 4) is 6.07 Å². The quantitative estimate of drug-likeness (QED) is 0.733. The van der Waals surface area contributed by atoms with Gasteiger partial charge in [-0.2, -0.15) is 5.26 Å². The van der Waals surface area contributed by atoms with E-state index in [1.54, 1.807) is 6.20 Å². The minimum Gasteiger partial charge on any atom is -0.310 e. The lowest BCUT2D eigenvalue weighted by atomic mass is 10.0. The van der Waals surface area contributed by atoms with Crippen LogP contribution in [0.4, 0.5) is 5.82 Å². The van der Waals surface area contributed by atoms with Gasteiger partial charge in [-0.25, -0.2) is 4.98 Å². The molecule has 1 amide bonds. The second kappa shape index (κ2) is 3.52. The third-order valence-corrected chi connectivity index (χ3v) is 2.83. The standard InChI is InChI=1S/C12H8N4O/c13-6-9-11-7(2-1-5-14-11)8-3-4-10(17)16-12(8)15-9/h1-2,5H,3-4H2,(H,15,16,17). The van der Waals surface area contributed by atoms with E-state index in [1.165, 1.54) is 0 Å². The number of carbonyl (C=O) groups excluding carboxylic acids is 1. The summed E-state index contributed by atoms with van der Waals surface area (Å²) in [6, 6.07) is 5.73. The normalized spacial score (nSPS) is 13.9. The van der Waals surface area contributed by atoms with Crippen LogP contribution >= 0.6 is 0 Å². The fourth-order valence-corrected chi connectivity index (χ4v) is 2.06. The molecule has 0 aromatic carbocycles. The van der Waals surface area contributed by atoms with E-state index >= 15 is 0 Å². The monoisotopic (exact) mass is 224 g/mol. The van der Waals surface area contributed by atoms with E-state index in [9.17, 15) is 4.79 Å². The van der Waals surface area contributed by atoms with E-state index in [-0.39, 0.29) is 11.6 Å². The molecular formula is C12H8N4O. The molecule has 17 heavy (non-hydrogen) atoms. The number of hydrogen-bond donors (Lipinski definition) is 1. The van der Waals surface area contributed by atoms with E-state index in [0.29, 0.717) is 24.2 Å². The van der Waals surface area contributed by atoms with Gasteiger partial charge < -0.3 is 5.32 Å². The number of pyridine rings is 2. The Bertz CT molecular complexity index is 672. The van der Waals surface area contributed by atoms with Gasteiger partial charge in [0.1, 0.15) is 17.4 Å². The van der Waals surface area contributed by atoms with Crippen molar-refractivity contribution in [2.75, 3.05) is 5.32 Å². The van der Waals surface area contributed by atoms with Crippen molar-refractivity contribution in [2.24, 2.45) is 0 Å². The molecule has 2 aromatic rings. The first kappa shape index (κ1) is 9.73. The third-order valence-electron chi connectivity index (χ3n) is 2.83. The van der Waals surface area contributed by atoms with Crippen molar-refractivity contribution >= 4 is 22.6 Å². The Morgan fingerprint density at radius 2 is 2.29 bits per heavy atom. The first-order chi connectivity index (χ1) is 8.29. The molecule has 0 unspecified atom stereocenters. The summed E-state index contributed by atoms with van der Waals surface area (Å²) in [6.45, 7) is 0. The van der Waals surface area contributed by atoms with E-state index in [4.69, 9.17) is 5.26 Å². The molecule has 0 saturated carbocycles. The van der Waals surface area contributed by atoms with Crippen molar-refractivity contribution in [2.45, 2.75) is 12.8 Å². The maximum atomic E-state index is 11.3. The van der Waals surface area contributed by atoms with Crippen molar-refractivity contribution in [1.82, 2.24) is 9.97 Å². The van der Waals surface area contributed by atoms with Crippen molar-refractivity contribution in [3.63, 3.8) is 0 Å². The largest absolute Gasteiger partial charge is 0.310 e. The average molecular weight is 224 g/mol. The molecule has 0 atom stereocenters. The number of aromatic nitrogens is 2. The summed E-state index contributed by atoms with van der Waals surface area (Å²) >= 11 is 0. The Morgan fingerprint density at radius 1 is 1.41 bits per heavy atom. The number of rotatable bonds is 0. The van der Waals surface area contributed by atoms with Gasteiger partial charge in [0.2, 0.25) is 5.91 Å². The van der Waals surface area contributed by atoms with Gasteiger partial charge in [-0.3, -0.25) is 9.78 Å². The van der Waals surface area contributed by atoms with Gasteiger partial charge in [-0.05, 0) is 12.5 Å². The number of anilines is 1. The van der Waals surface area contributed by atoms with E-state index in [2.05, 4.69) is 15.3 Å². The van der Waals surface area contributed by atoms with Crippen LogP contribution in [0.3, 0.4) is 0 Å². The molecule has 3 rings (SSSR count). The molecule has 1 aliphatic heterocycles. The molecule has 0 radical (unpaired) electrons. The summed E-state index contributed by atoms with van der Waals surface area (Å²) in [4.78, 5) is 19.6. The summed E-state index contributed by atoms with van der Waals surface area (Å²) in [6.07, 6.45) is 2.73. The van der Waals surface area contributed by atoms with Crippen LogP contribution in [0.2, 0.25) is 0 Å². The van der Waals surface area contributed by atoms with Gasteiger partial charge >= 0.3 is 0 Å². The molecular weight excluding hydrogens is 216 g/mol. The van der Waals surface area contributed by atoms with Gasteiger partial charge in [-0.1, -0.05) is 6.07 Å². The second-order valence-electron chi connectivity index (χ2n) is 3.85. The Kier molecular flexibility index (Phi) is 2.02. The number of aryl methyl sites for hydroxylation is 1. The number of nitrogens with zero attached hydrogens (tertiary/aromatic N) is 3. The first-order valence-corrected chi connectivity index (χ1v) is 5.27. The predicted octanol–water partition coefficient (Wildman–Crippen LogP) is 1.39. The highest BCUT2D eigenvalue weighted by molar-refractivity contribution is 5.98. The summed E-state index contributed by atoms with van der Waals surface area (Å²) in [5.74, 6) is 0.440. The predicted molar refractivity (Wildman–Crippen MR) is 61.2 cm³/mol. The molecule has 3 heterocycles. The van der Waals surface area contributed by atoms with Crippen molar-refractivity contribution in [1.29, 1.82) is 5.26 Å². The fraction of sp³-hybridized carbons (Fsp3) is 0.167. The van der Waals surface area contributed by atoms with Crippen molar-refractivity contribution in [3.05, 3.63) is 29.6 Å². The molecule has 82 valence electrons. The number of carbonyl (C=O) groups is 1. The zero-order chi connectivity index (χ0) is 11.8. The summed E-state index contributed by atoms with van der Waals surface area (Å²) in [5, 5.41) is 12.6. The van der Waals surface area contributed by atoms with Gasteiger partial charge in [-0.15, -0.1) is 0 Å². The highest BCUT2D eigenvalue weighted by Gasteiger charge is 2.20. The number of amides is 1. The van der Waals surface area contributed by atoms with Gasteiger partial charge in [0.25, 0.3) is 0 Å². The van der Waals surface area contributed by atoms with Crippen LogP contribution in [0, 0.1) is 11.3 Å². The van der Waals surface area contributed by atoms with Crippen LogP contribution in [0.15, 0.2) is 18.3 Å². The van der Waals surface area contributed by atoms with Crippen LogP contribution in [-0.4, -0.2) is 15.9 Å². The second-order valence-corrected chi connectivity index (χ2v) is 3.85. The molecule has 5 nitrogen and oxygen atoms in total. The number of fused-ring (bicyclic) bond motifs is 3. The molecule has 1 N–H and O–H groups in total. The van der Waals surface area contributed by atoms with Gasteiger partial charge in [0.05, 0.1) is 0 Å². The maximum absolute atomic E-state index is 11.3. The molecule has 0 saturated heterocycles. The summed E-state index contributed by atoms with van der Waals surface area (Å²) in [5.41, 5.74) is 1.82. The van der Waals surface area contributed by atoms with Crippen LogP contribution in [-0.2, 0) is 11.2 Å². The molecule has 0 fully saturated rings. The van der Waals surface area contributed by atoms with E-state index < -0.39 is 0 Å². The lowest BCUT2D eigenvalue weighted by Gasteiger charge is -2.17. The molecule has 1 aliphatic rings. The highest BCUT2D eigenvalue weighted by Crippen LogP contribution is 2.29. The maximum Gasteiger partial charge on any atom is 0.225 e. The van der Waals surface area contributed by atoms with Crippen LogP contribution in [0.25, 0.3) is 10.9 Å². The van der Waals surface area contributed by atoms with Crippen LogP contribution in [0.5, 0.6) is 0 Å². The SMILES string of the molecule is N#Cc1nc2c(c3cccnc13)CCC(=O)N2.